The van der Waals surface area contributed by atoms with Crippen molar-refractivity contribution in [3.63, 3.8) is 0 Å². The van der Waals surface area contributed by atoms with Crippen LogP contribution in [-0.4, -0.2) is 17.9 Å². The van der Waals surface area contributed by atoms with Gasteiger partial charge in [-0.3, -0.25) is 9.59 Å². The Morgan fingerprint density at radius 3 is 2.36 bits per heavy atom. The van der Waals surface area contributed by atoms with E-state index in [2.05, 4.69) is 0 Å². The third-order valence-corrected chi connectivity index (χ3v) is 6.09. The van der Waals surface area contributed by atoms with Gasteiger partial charge in [0, 0.05) is 6.54 Å². The SMILES string of the molecule is COc1ccc(C2c3c(oc4c(C)cc(C)cc4c3=O)C(=O)N2Cc2ccc(F)cc2)cc1. The van der Waals surface area contributed by atoms with E-state index in [1.807, 2.05) is 32.0 Å². The van der Waals surface area contributed by atoms with Gasteiger partial charge in [0.15, 0.2) is 5.43 Å². The fraction of sp³-hybridized carbons (Fsp3) is 0.185. The normalized spacial score (nSPS) is 15.2. The molecule has 1 unspecified atom stereocenters. The van der Waals surface area contributed by atoms with E-state index < -0.39 is 6.04 Å². The second-order valence-corrected chi connectivity index (χ2v) is 8.37. The van der Waals surface area contributed by atoms with Crippen molar-refractivity contribution in [1.29, 1.82) is 0 Å². The maximum absolute atomic E-state index is 13.7. The van der Waals surface area contributed by atoms with Gasteiger partial charge in [0.25, 0.3) is 5.91 Å². The third kappa shape index (κ3) is 3.48. The van der Waals surface area contributed by atoms with Crippen molar-refractivity contribution in [3.05, 3.63) is 110 Å². The second kappa shape index (κ2) is 7.89. The predicted molar refractivity (Wildman–Crippen MR) is 123 cm³/mol. The van der Waals surface area contributed by atoms with Crippen LogP contribution in [0.2, 0.25) is 0 Å². The van der Waals surface area contributed by atoms with Crippen molar-refractivity contribution in [2.45, 2.75) is 26.4 Å². The van der Waals surface area contributed by atoms with Gasteiger partial charge in [-0.2, -0.15) is 0 Å². The molecule has 1 amide bonds. The van der Waals surface area contributed by atoms with Gasteiger partial charge >= 0.3 is 0 Å². The van der Waals surface area contributed by atoms with E-state index in [4.69, 9.17) is 9.15 Å². The molecule has 6 heteroatoms. The van der Waals surface area contributed by atoms with Crippen LogP contribution in [0.15, 0.2) is 69.9 Å². The van der Waals surface area contributed by atoms with Gasteiger partial charge in [-0.25, -0.2) is 4.39 Å². The first-order valence-corrected chi connectivity index (χ1v) is 10.6. The zero-order valence-electron chi connectivity index (χ0n) is 18.5. The number of methoxy groups -OCH3 is 1. The molecule has 0 saturated carbocycles. The molecule has 1 aliphatic rings. The summed E-state index contributed by atoms with van der Waals surface area (Å²) < 4.78 is 24.8. The van der Waals surface area contributed by atoms with Crippen LogP contribution in [0.4, 0.5) is 4.39 Å². The molecule has 2 heterocycles. The van der Waals surface area contributed by atoms with E-state index in [-0.39, 0.29) is 29.5 Å². The van der Waals surface area contributed by atoms with Crippen LogP contribution >= 0.6 is 0 Å². The van der Waals surface area contributed by atoms with Crippen molar-refractivity contribution in [1.82, 2.24) is 4.90 Å². The molecular weight excluding hydrogens is 421 g/mol. The number of hydrogen-bond donors (Lipinski definition) is 0. The number of aryl methyl sites for hydroxylation is 2. The highest BCUT2D eigenvalue weighted by molar-refractivity contribution is 5.99. The molecule has 0 bridgehead atoms. The first-order valence-electron chi connectivity index (χ1n) is 10.6. The number of rotatable bonds is 4. The first-order chi connectivity index (χ1) is 15.9. The number of carbonyl (C=O) groups excluding carboxylic acids is 1. The van der Waals surface area contributed by atoms with E-state index in [0.717, 1.165) is 22.3 Å². The average molecular weight is 443 g/mol. The number of nitrogens with zero attached hydrogens (tertiary/aromatic N) is 1. The molecular formula is C27H22FNO4. The summed E-state index contributed by atoms with van der Waals surface area (Å²) in [5.41, 5.74) is 3.80. The lowest BCUT2D eigenvalue weighted by molar-refractivity contribution is 0.0714. The Bertz CT molecular complexity index is 1440. The molecule has 0 spiro atoms. The van der Waals surface area contributed by atoms with Crippen molar-refractivity contribution >= 4 is 16.9 Å². The van der Waals surface area contributed by atoms with Crippen LogP contribution in [-0.2, 0) is 6.54 Å². The summed E-state index contributed by atoms with van der Waals surface area (Å²) in [4.78, 5) is 28.9. The highest BCUT2D eigenvalue weighted by atomic mass is 19.1. The number of carbonyl (C=O) groups is 1. The molecule has 1 aromatic heterocycles. The first kappa shape index (κ1) is 20.9. The minimum absolute atomic E-state index is 0.0578. The quantitative estimate of drug-likeness (QED) is 0.429. The van der Waals surface area contributed by atoms with Gasteiger partial charge in [-0.1, -0.05) is 30.3 Å². The van der Waals surface area contributed by atoms with Crippen LogP contribution in [0, 0.1) is 19.7 Å². The Morgan fingerprint density at radius 1 is 1.00 bits per heavy atom. The van der Waals surface area contributed by atoms with Gasteiger partial charge in [-0.15, -0.1) is 0 Å². The van der Waals surface area contributed by atoms with Crippen molar-refractivity contribution in [2.24, 2.45) is 0 Å². The lowest BCUT2D eigenvalue weighted by Crippen LogP contribution is -2.29. The van der Waals surface area contributed by atoms with Crippen LogP contribution in [0.5, 0.6) is 5.75 Å². The molecule has 4 aromatic rings. The van der Waals surface area contributed by atoms with Crippen LogP contribution in [0.25, 0.3) is 11.0 Å². The summed E-state index contributed by atoms with van der Waals surface area (Å²) in [6.07, 6.45) is 0. The summed E-state index contributed by atoms with van der Waals surface area (Å²) in [5, 5.41) is 0.459. The number of benzene rings is 3. The maximum atomic E-state index is 13.7. The van der Waals surface area contributed by atoms with Crippen molar-refractivity contribution in [3.8, 4) is 5.75 Å². The summed E-state index contributed by atoms with van der Waals surface area (Å²) in [6, 6.07) is 16.3. The summed E-state index contributed by atoms with van der Waals surface area (Å²) in [5.74, 6) is 0.0112. The Hall–Kier alpha value is -3.93. The fourth-order valence-corrected chi connectivity index (χ4v) is 4.56. The molecule has 5 nitrogen and oxygen atoms in total. The van der Waals surface area contributed by atoms with Gasteiger partial charge in [0.1, 0.15) is 17.1 Å². The zero-order chi connectivity index (χ0) is 23.3. The highest BCUT2D eigenvalue weighted by Crippen LogP contribution is 2.40. The molecule has 166 valence electrons. The topological polar surface area (TPSA) is 59.8 Å². The molecule has 0 aliphatic carbocycles. The van der Waals surface area contributed by atoms with E-state index in [1.165, 1.54) is 12.1 Å². The molecule has 3 aromatic carbocycles. The minimum atomic E-state index is -0.634. The van der Waals surface area contributed by atoms with Gasteiger partial charge in [-0.05, 0) is 66.4 Å². The van der Waals surface area contributed by atoms with Crippen LogP contribution < -0.4 is 10.2 Å². The number of fused-ring (bicyclic) bond motifs is 2. The number of halogens is 1. The summed E-state index contributed by atoms with van der Waals surface area (Å²) >= 11 is 0. The van der Waals surface area contributed by atoms with E-state index in [1.54, 1.807) is 42.3 Å². The molecule has 5 rings (SSSR count). The molecule has 1 aliphatic heterocycles. The second-order valence-electron chi connectivity index (χ2n) is 8.37. The summed E-state index contributed by atoms with van der Waals surface area (Å²) in [6.45, 7) is 3.99. The molecule has 0 fully saturated rings. The Labute approximate surface area is 190 Å². The van der Waals surface area contributed by atoms with E-state index in [9.17, 15) is 14.0 Å². The van der Waals surface area contributed by atoms with E-state index in [0.29, 0.717) is 22.3 Å². The van der Waals surface area contributed by atoms with E-state index >= 15 is 0 Å². The number of amides is 1. The van der Waals surface area contributed by atoms with Gasteiger partial charge < -0.3 is 14.1 Å². The van der Waals surface area contributed by atoms with Crippen LogP contribution in [0.1, 0.15) is 44.4 Å². The largest absolute Gasteiger partial charge is 0.497 e. The lowest BCUT2D eigenvalue weighted by Gasteiger charge is -2.25. The number of ether oxygens (including phenoxy) is 1. The minimum Gasteiger partial charge on any atom is -0.497 e. The Morgan fingerprint density at radius 2 is 1.70 bits per heavy atom. The van der Waals surface area contributed by atoms with Crippen molar-refractivity contribution < 1.29 is 18.3 Å². The van der Waals surface area contributed by atoms with Crippen LogP contribution in [0.3, 0.4) is 0 Å². The Balaban J connectivity index is 1.73. The fourth-order valence-electron chi connectivity index (χ4n) is 4.56. The number of hydrogen-bond acceptors (Lipinski definition) is 4. The third-order valence-electron chi connectivity index (χ3n) is 6.09. The standard InChI is InChI=1S/C27H22FNO4/c1-15-12-16(2)25-21(13-15)24(30)22-23(18-6-10-20(32-3)11-7-18)29(27(31)26(22)33-25)14-17-4-8-19(28)9-5-17/h4-13,23H,14H2,1-3H3. The molecule has 0 N–H and O–H groups in total. The average Bonchev–Trinajstić information content (AvgIpc) is 3.08. The Kier molecular flexibility index (Phi) is 5.01. The van der Waals surface area contributed by atoms with Crippen molar-refractivity contribution in [2.75, 3.05) is 7.11 Å². The monoisotopic (exact) mass is 443 g/mol. The predicted octanol–water partition coefficient (Wildman–Crippen LogP) is 5.30. The molecule has 0 saturated heterocycles. The molecule has 0 radical (unpaired) electrons. The smallest absolute Gasteiger partial charge is 0.291 e. The molecule has 1 atom stereocenters. The lowest BCUT2D eigenvalue weighted by atomic mass is 9.97. The molecule has 33 heavy (non-hydrogen) atoms. The maximum Gasteiger partial charge on any atom is 0.291 e. The van der Waals surface area contributed by atoms with Gasteiger partial charge in [0.2, 0.25) is 5.76 Å². The summed E-state index contributed by atoms with van der Waals surface area (Å²) in [7, 11) is 1.58. The highest BCUT2D eigenvalue weighted by Gasteiger charge is 2.42. The van der Waals surface area contributed by atoms with Gasteiger partial charge in [0.05, 0.1) is 24.1 Å². The zero-order valence-corrected chi connectivity index (χ0v) is 18.5.